The van der Waals surface area contributed by atoms with Crippen LogP contribution in [0.4, 0.5) is 5.69 Å². The molecule has 0 saturated carbocycles. The lowest BCUT2D eigenvalue weighted by Crippen LogP contribution is -1.99. The standard InChI is InChI=1S/C12H14N2O3/c1-15-11-3-10(4-12(5-11)16-2)13-6-9-7-14-17-8-9/h3-5,7-8,13H,6H2,1-2H3. The molecule has 90 valence electrons. The molecule has 0 spiro atoms. The highest BCUT2D eigenvalue weighted by molar-refractivity contribution is 5.53. The number of anilines is 1. The molecule has 1 aromatic carbocycles. The highest BCUT2D eigenvalue weighted by atomic mass is 16.5. The summed E-state index contributed by atoms with van der Waals surface area (Å²) in [6, 6.07) is 5.62. The molecule has 1 N–H and O–H groups in total. The lowest BCUT2D eigenvalue weighted by molar-refractivity contribution is 0.394. The lowest BCUT2D eigenvalue weighted by atomic mass is 10.2. The fraction of sp³-hybridized carbons (Fsp3) is 0.250. The number of nitrogens with zero attached hydrogens (tertiary/aromatic N) is 1. The monoisotopic (exact) mass is 234 g/mol. The average molecular weight is 234 g/mol. The minimum Gasteiger partial charge on any atom is -0.497 e. The number of rotatable bonds is 5. The van der Waals surface area contributed by atoms with Crippen LogP contribution in [0.3, 0.4) is 0 Å². The van der Waals surface area contributed by atoms with E-state index in [9.17, 15) is 0 Å². The topological polar surface area (TPSA) is 56.5 Å². The molecule has 0 fully saturated rings. The Balaban J connectivity index is 2.09. The summed E-state index contributed by atoms with van der Waals surface area (Å²) < 4.78 is 15.1. The summed E-state index contributed by atoms with van der Waals surface area (Å²) in [6.45, 7) is 0.639. The molecule has 0 aliphatic carbocycles. The maximum Gasteiger partial charge on any atom is 0.128 e. The van der Waals surface area contributed by atoms with E-state index in [0.717, 1.165) is 22.7 Å². The molecule has 1 heterocycles. The van der Waals surface area contributed by atoms with E-state index in [1.165, 1.54) is 0 Å². The van der Waals surface area contributed by atoms with E-state index in [4.69, 9.17) is 14.0 Å². The SMILES string of the molecule is COc1cc(NCc2cnoc2)cc(OC)c1. The molecule has 5 nitrogen and oxygen atoms in total. The van der Waals surface area contributed by atoms with Crippen molar-refractivity contribution in [3.05, 3.63) is 36.2 Å². The summed E-state index contributed by atoms with van der Waals surface area (Å²) in [5, 5.41) is 6.87. The molecule has 0 unspecified atom stereocenters. The fourth-order valence-electron chi connectivity index (χ4n) is 1.43. The molecule has 2 aromatic rings. The first-order valence-electron chi connectivity index (χ1n) is 5.17. The molecule has 0 radical (unpaired) electrons. The van der Waals surface area contributed by atoms with E-state index < -0.39 is 0 Å². The molecule has 5 heteroatoms. The van der Waals surface area contributed by atoms with Crippen LogP contribution in [0, 0.1) is 0 Å². The minimum absolute atomic E-state index is 0.639. The number of hydrogen-bond acceptors (Lipinski definition) is 5. The second kappa shape index (κ2) is 5.25. The Labute approximate surface area is 99.3 Å². The number of benzene rings is 1. The second-order valence-corrected chi connectivity index (χ2v) is 3.49. The number of ether oxygens (including phenoxy) is 2. The van der Waals surface area contributed by atoms with Crippen molar-refractivity contribution in [2.24, 2.45) is 0 Å². The molecule has 17 heavy (non-hydrogen) atoms. The third-order valence-electron chi connectivity index (χ3n) is 2.33. The van der Waals surface area contributed by atoms with Crippen LogP contribution in [0.25, 0.3) is 0 Å². The summed E-state index contributed by atoms with van der Waals surface area (Å²) in [5.41, 5.74) is 1.90. The van der Waals surface area contributed by atoms with Gasteiger partial charge >= 0.3 is 0 Å². The molecule has 1 aromatic heterocycles. The Morgan fingerprint density at radius 1 is 1.18 bits per heavy atom. The predicted octanol–water partition coefficient (Wildman–Crippen LogP) is 2.30. The first-order valence-corrected chi connectivity index (χ1v) is 5.17. The Bertz CT molecular complexity index is 446. The van der Waals surface area contributed by atoms with Gasteiger partial charge in [0.05, 0.1) is 20.4 Å². The van der Waals surface area contributed by atoms with Gasteiger partial charge in [-0.3, -0.25) is 0 Å². The summed E-state index contributed by atoms with van der Waals surface area (Å²) >= 11 is 0. The maximum atomic E-state index is 5.18. The average Bonchev–Trinajstić information content (AvgIpc) is 2.89. The van der Waals surface area contributed by atoms with Crippen LogP contribution in [0.5, 0.6) is 11.5 Å². The third kappa shape index (κ3) is 2.90. The molecule has 2 rings (SSSR count). The van der Waals surface area contributed by atoms with Gasteiger partial charge in [0, 0.05) is 36.0 Å². The van der Waals surface area contributed by atoms with E-state index in [1.807, 2.05) is 18.2 Å². The first kappa shape index (κ1) is 11.3. The van der Waals surface area contributed by atoms with E-state index in [2.05, 4.69) is 10.5 Å². The van der Waals surface area contributed by atoms with Gasteiger partial charge in [-0.2, -0.15) is 0 Å². The smallest absolute Gasteiger partial charge is 0.128 e. The van der Waals surface area contributed by atoms with Crippen LogP contribution < -0.4 is 14.8 Å². The van der Waals surface area contributed by atoms with Crippen molar-refractivity contribution in [3.8, 4) is 11.5 Å². The molecular weight excluding hydrogens is 220 g/mol. The third-order valence-corrected chi connectivity index (χ3v) is 2.33. The van der Waals surface area contributed by atoms with Crippen molar-refractivity contribution < 1.29 is 14.0 Å². The van der Waals surface area contributed by atoms with Crippen molar-refractivity contribution in [3.63, 3.8) is 0 Å². The van der Waals surface area contributed by atoms with E-state index >= 15 is 0 Å². The van der Waals surface area contributed by atoms with Gasteiger partial charge in [-0.1, -0.05) is 5.16 Å². The highest BCUT2D eigenvalue weighted by Crippen LogP contribution is 2.25. The normalized spacial score (nSPS) is 10.0. The van der Waals surface area contributed by atoms with Gasteiger partial charge in [0.1, 0.15) is 17.8 Å². The number of methoxy groups -OCH3 is 2. The van der Waals surface area contributed by atoms with E-state index in [1.54, 1.807) is 26.7 Å². The molecule has 0 bridgehead atoms. The molecule has 0 saturated heterocycles. The summed E-state index contributed by atoms with van der Waals surface area (Å²) in [5.74, 6) is 1.49. The Morgan fingerprint density at radius 2 is 1.88 bits per heavy atom. The number of hydrogen-bond donors (Lipinski definition) is 1. The quantitative estimate of drug-likeness (QED) is 0.860. The second-order valence-electron chi connectivity index (χ2n) is 3.49. The van der Waals surface area contributed by atoms with Crippen molar-refractivity contribution in [2.75, 3.05) is 19.5 Å². The van der Waals surface area contributed by atoms with Crippen LogP contribution in [-0.4, -0.2) is 19.4 Å². The first-order chi connectivity index (χ1) is 8.31. The van der Waals surface area contributed by atoms with Gasteiger partial charge in [-0.05, 0) is 0 Å². The van der Waals surface area contributed by atoms with Crippen LogP contribution in [-0.2, 0) is 6.54 Å². The van der Waals surface area contributed by atoms with Crippen molar-refractivity contribution in [1.82, 2.24) is 5.16 Å². The zero-order valence-electron chi connectivity index (χ0n) is 9.77. The Hall–Kier alpha value is -2.17. The van der Waals surface area contributed by atoms with E-state index in [-0.39, 0.29) is 0 Å². The zero-order chi connectivity index (χ0) is 12.1. The Kier molecular flexibility index (Phi) is 3.49. The van der Waals surface area contributed by atoms with Crippen molar-refractivity contribution >= 4 is 5.69 Å². The summed E-state index contributed by atoms with van der Waals surface area (Å²) in [4.78, 5) is 0. The number of aromatic nitrogens is 1. The van der Waals surface area contributed by atoms with Gasteiger partial charge in [0.15, 0.2) is 0 Å². The highest BCUT2D eigenvalue weighted by Gasteiger charge is 2.02. The zero-order valence-corrected chi connectivity index (χ0v) is 9.77. The van der Waals surface area contributed by atoms with Crippen molar-refractivity contribution in [1.29, 1.82) is 0 Å². The molecule has 0 aliphatic rings. The largest absolute Gasteiger partial charge is 0.497 e. The van der Waals surface area contributed by atoms with Crippen LogP contribution in [0.1, 0.15) is 5.56 Å². The van der Waals surface area contributed by atoms with Crippen LogP contribution >= 0.6 is 0 Å². The number of nitrogens with one attached hydrogen (secondary N) is 1. The predicted molar refractivity (Wildman–Crippen MR) is 63.4 cm³/mol. The van der Waals surface area contributed by atoms with Gasteiger partial charge in [-0.25, -0.2) is 0 Å². The van der Waals surface area contributed by atoms with Gasteiger partial charge < -0.3 is 19.3 Å². The van der Waals surface area contributed by atoms with Gasteiger partial charge in [0.2, 0.25) is 0 Å². The van der Waals surface area contributed by atoms with E-state index in [0.29, 0.717) is 6.54 Å². The summed E-state index contributed by atoms with van der Waals surface area (Å²) in [6.07, 6.45) is 3.27. The molecule has 0 atom stereocenters. The molecule has 0 amide bonds. The fourth-order valence-corrected chi connectivity index (χ4v) is 1.43. The summed E-state index contributed by atoms with van der Waals surface area (Å²) in [7, 11) is 3.25. The molecule has 0 aliphatic heterocycles. The van der Waals surface area contributed by atoms with Crippen LogP contribution in [0.15, 0.2) is 35.2 Å². The Morgan fingerprint density at radius 3 is 2.41 bits per heavy atom. The lowest BCUT2D eigenvalue weighted by Gasteiger charge is -2.09. The molecular formula is C12H14N2O3. The van der Waals surface area contributed by atoms with Crippen LogP contribution in [0.2, 0.25) is 0 Å². The minimum atomic E-state index is 0.639. The van der Waals surface area contributed by atoms with Gasteiger partial charge in [-0.15, -0.1) is 0 Å². The van der Waals surface area contributed by atoms with Crippen molar-refractivity contribution in [2.45, 2.75) is 6.54 Å². The van der Waals surface area contributed by atoms with Gasteiger partial charge in [0.25, 0.3) is 0 Å². The maximum absolute atomic E-state index is 5.18.